The summed E-state index contributed by atoms with van der Waals surface area (Å²) in [5.41, 5.74) is 0. The Kier molecular flexibility index (Phi) is 6.84. The van der Waals surface area contributed by atoms with Gasteiger partial charge in [0, 0.05) is 13.2 Å². The summed E-state index contributed by atoms with van der Waals surface area (Å²) in [5.74, 6) is 0.268. The van der Waals surface area contributed by atoms with Gasteiger partial charge >= 0.3 is 5.97 Å². The molecule has 0 aromatic heterocycles. The van der Waals surface area contributed by atoms with Gasteiger partial charge in [-0.15, -0.1) is 0 Å². The molecule has 0 aliphatic carbocycles. The van der Waals surface area contributed by atoms with Crippen LogP contribution in [0.2, 0.25) is 0 Å². The van der Waals surface area contributed by atoms with Crippen LogP contribution in [0.5, 0.6) is 0 Å². The van der Waals surface area contributed by atoms with E-state index in [1.807, 2.05) is 6.26 Å². The van der Waals surface area contributed by atoms with Gasteiger partial charge in [0.25, 0.3) is 0 Å². The summed E-state index contributed by atoms with van der Waals surface area (Å²) in [6.45, 7) is 1.48. The summed E-state index contributed by atoms with van der Waals surface area (Å²) in [6.07, 6.45) is 6.03. The van der Waals surface area contributed by atoms with E-state index in [0.717, 1.165) is 31.6 Å². The molecule has 16 heavy (non-hydrogen) atoms. The van der Waals surface area contributed by atoms with Crippen molar-refractivity contribution in [2.45, 2.75) is 37.8 Å². The Morgan fingerprint density at radius 1 is 1.69 bits per heavy atom. The number of nitrogens with one attached hydrogen (secondary N) is 1. The zero-order valence-corrected chi connectivity index (χ0v) is 10.6. The van der Waals surface area contributed by atoms with Crippen LogP contribution in [0.3, 0.4) is 0 Å². The number of thioether (sulfide) groups is 1. The number of aliphatic carboxylic acids is 1. The van der Waals surface area contributed by atoms with Gasteiger partial charge in [0.1, 0.15) is 6.04 Å². The predicted molar refractivity (Wildman–Crippen MR) is 66.0 cm³/mol. The first kappa shape index (κ1) is 13.8. The number of hydrogen-bond acceptors (Lipinski definition) is 4. The van der Waals surface area contributed by atoms with Gasteiger partial charge < -0.3 is 15.2 Å². The second-order valence-corrected chi connectivity index (χ2v) is 5.05. The maximum atomic E-state index is 11.0. The number of carboxylic acids is 1. The van der Waals surface area contributed by atoms with E-state index in [1.165, 1.54) is 0 Å². The van der Waals surface area contributed by atoms with Crippen molar-refractivity contribution in [1.82, 2.24) is 5.32 Å². The van der Waals surface area contributed by atoms with Gasteiger partial charge in [-0.3, -0.25) is 4.79 Å². The van der Waals surface area contributed by atoms with Crippen LogP contribution < -0.4 is 5.32 Å². The first-order valence-electron chi connectivity index (χ1n) is 5.80. The van der Waals surface area contributed by atoms with E-state index >= 15 is 0 Å². The standard InChI is InChI=1S/C11H21NO3S/c1-16-7-3-5-10(11(13)14)12-8-9-4-2-6-15-9/h9-10,12H,2-8H2,1H3,(H,13,14). The molecule has 0 radical (unpaired) electrons. The van der Waals surface area contributed by atoms with Crippen LogP contribution in [-0.4, -0.2) is 48.4 Å². The summed E-state index contributed by atoms with van der Waals surface area (Å²) in [7, 11) is 0. The molecule has 5 heteroatoms. The number of hydrogen-bond donors (Lipinski definition) is 2. The number of ether oxygens (including phenoxy) is 1. The molecule has 1 fully saturated rings. The lowest BCUT2D eigenvalue weighted by molar-refractivity contribution is -0.139. The number of carbonyl (C=O) groups is 1. The molecule has 0 bridgehead atoms. The Morgan fingerprint density at radius 2 is 2.50 bits per heavy atom. The summed E-state index contributed by atoms with van der Waals surface area (Å²) < 4.78 is 5.45. The molecule has 4 nitrogen and oxygen atoms in total. The highest BCUT2D eigenvalue weighted by Crippen LogP contribution is 2.11. The smallest absolute Gasteiger partial charge is 0.320 e. The average molecular weight is 247 g/mol. The van der Waals surface area contributed by atoms with Crippen LogP contribution in [0.25, 0.3) is 0 Å². The van der Waals surface area contributed by atoms with E-state index in [2.05, 4.69) is 5.32 Å². The molecule has 0 saturated carbocycles. The predicted octanol–water partition coefficient (Wildman–Crippen LogP) is 1.35. The maximum absolute atomic E-state index is 11.0. The zero-order chi connectivity index (χ0) is 11.8. The SMILES string of the molecule is CSCCCC(NCC1CCCO1)C(=O)O. The van der Waals surface area contributed by atoms with E-state index in [9.17, 15) is 4.79 Å². The molecule has 1 heterocycles. The van der Waals surface area contributed by atoms with Gasteiger partial charge in [-0.05, 0) is 37.7 Å². The van der Waals surface area contributed by atoms with E-state index < -0.39 is 12.0 Å². The maximum Gasteiger partial charge on any atom is 0.320 e. The molecule has 0 aromatic carbocycles. The fraction of sp³-hybridized carbons (Fsp3) is 0.909. The van der Waals surface area contributed by atoms with Gasteiger partial charge in [0.2, 0.25) is 0 Å². The second-order valence-electron chi connectivity index (χ2n) is 4.07. The summed E-state index contributed by atoms with van der Waals surface area (Å²) in [4.78, 5) is 11.0. The highest BCUT2D eigenvalue weighted by molar-refractivity contribution is 7.98. The third kappa shape index (κ3) is 5.18. The van der Waals surface area contributed by atoms with Crippen LogP contribution in [0.15, 0.2) is 0 Å². The summed E-state index contributed by atoms with van der Waals surface area (Å²) in [6, 6.07) is -0.420. The molecule has 2 unspecified atom stereocenters. The third-order valence-corrected chi connectivity index (χ3v) is 3.45. The number of carboxylic acid groups (broad SMARTS) is 1. The lowest BCUT2D eigenvalue weighted by atomic mass is 10.1. The minimum Gasteiger partial charge on any atom is -0.480 e. The van der Waals surface area contributed by atoms with Crippen molar-refractivity contribution in [3.63, 3.8) is 0 Å². The topological polar surface area (TPSA) is 58.6 Å². The molecule has 2 N–H and O–H groups in total. The van der Waals surface area contributed by atoms with Crippen molar-refractivity contribution in [1.29, 1.82) is 0 Å². The Labute approximate surface area is 101 Å². The summed E-state index contributed by atoms with van der Waals surface area (Å²) in [5, 5.41) is 12.1. The van der Waals surface area contributed by atoms with Crippen LogP contribution in [0, 0.1) is 0 Å². The molecule has 0 aromatic rings. The Morgan fingerprint density at radius 3 is 3.06 bits per heavy atom. The molecule has 0 amide bonds. The fourth-order valence-corrected chi connectivity index (χ4v) is 2.28. The van der Waals surface area contributed by atoms with Crippen molar-refractivity contribution >= 4 is 17.7 Å². The van der Waals surface area contributed by atoms with Crippen molar-refractivity contribution in [2.75, 3.05) is 25.2 Å². The second kappa shape index (κ2) is 7.92. The Balaban J connectivity index is 2.18. The lowest BCUT2D eigenvalue weighted by Gasteiger charge is -2.17. The van der Waals surface area contributed by atoms with E-state index in [0.29, 0.717) is 13.0 Å². The van der Waals surface area contributed by atoms with E-state index in [1.54, 1.807) is 11.8 Å². The third-order valence-electron chi connectivity index (χ3n) is 2.76. The normalized spacial score (nSPS) is 22.2. The van der Waals surface area contributed by atoms with Gasteiger partial charge in [-0.25, -0.2) is 0 Å². The first-order valence-corrected chi connectivity index (χ1v) is 7.20. The average Bonchev–Trinajstić information content (AvgIpc) is 2.75. The summed E-state index contributed by atoms with van der Waals surface area (Å²) >= 11 is 1.75. The van der Waals surface area contributed by atoms with Crippen molar-refractivity contribution < 1.29 is 14.6 Å². The molecular formula is C11H21NO3S. The van der Waals surface area contributed by atoms with Crippen molar-refractivity contribution in [3.05, 3.63) is 0 Å². The molecule has 94 valence electrons. The molecule has 1 rings (SSSR count). The quantitative estimate of drug-likeness (QED) is 0.634. The minimum absolute atomic E-state index is 0.211. The largest absolute Gasteiger partial charge is 0.480 e. The zero-order valence-electron chi connectivity index (χ0n) is 9.78. The van der Waals surface area contributed by atoms with Gasteiger partial charge in [0.05, 0.1) is 6.10 Å². The van der Waals surface area contributed by atoms with Crippen LogP contribution >= 0.6 is 11.8 Å². The minimum atomic E-state index is -0.751. The van der Waals surface area contributed by atoms with Gasteiger partial charge in [0.15, 0.2) is 0 Å². The number of rotatable bonds is 8. The molecular weight excluding hydrogens is 226 g/mol. The van der Waals surface area contributed by atoms with E-state index in [-0.39, 0.29) is 6.10 Å². The Bertz CT molecular complexity index is 207. The molecule has 1 aliphatic rings. The molecule has 2 atom stereocenters. The molecule has 1 aliphatic heterocycles. The lowest BCUT2D eigenvalue weighted by Crippen LogP contribution is -2.40. The van der Waals surface area contributed by atoms with Gasteiger partial charge in [-0.1, -0.05) is 0 Å². The van der Waals surface area contributed by atoms with Crippen LogP contribution in [-0.2, 0) is 9.53 Å². The van der Waals surface area contributed by atoms with E-state index in [4.69, 9.17) is 9.84 Å². The first-order chi connectivity index (χ1) is 7.74. The molecule has 0 spiro atoms. The highest BCUT2D eigenvalue weighted by Gasteiger charge is 2.20. The highest BCUT2D eigenvalue weighted by atomic mass is 32.2. The van der Waals surface area contributed by atoms with Crippen molar-refractivity contribution in [3.8, 4) is 0 Å². The van der Waals surface area contributed by atoms with Crippen molar-refractivity contribution in [2.24, 2.45) is 0 Å². The molecule has 1 saturated heterocycles. The Hall–Kier alpha value is -0.260. The van der Waals surface area contributed by atoms with Gasteiger partial charge in [-0.2, -0.15) is 11.8 Å². The fourth-order valence-electron chi connectivity index (χ4n) is 1.82. The van der Waals surface area contributed by atoms with Crippen LogP contribution in [0.1, 0.15) is 25.7 Å². The monoisotopic (exact) mass is 247 g/mol. The van der Waals surface area contributed by atoms with Crippen LogP contribution in [0.4, 0.5) is 0 Å².